The molecule has 1 aromatic rings. The van der Waals surface area contributed by atoms with Gasteiger partial charge in [-0.2, -0.15) is 0 Å². The Morgan fingerprint density at radius 1 is 1.32 bits per heavy atom. The molecular formula is C13H21N3O2S. The number of thiazole rings is 1. The number of rotatable bonds is 5. The Morgan fingerprint density at radius 2 is 2.00 bits per heavy atom. The molecule has 0 amide bonds. The minimum absolute atomic E-state index is 0.412. The number of anilines is 1. The molecule has 0 bridgehead atoms. The second kappa shape index (κ2) is 6.34. The van der Waals surface area contributed by atoms with Gasteiger partial charge < -0.3 is 14.9 Å². The van der Waals surface area contributed by atoms with Crippen LogP contribution in [0, 0.1) is 0 Å². The zero-order chi connectivity index (χ0) is 13.8. The van der Waals surface area contributed by atoms with Crippen molar-refractivity contribution in [2.24, 2.45) is 0 Å². The third-order valence-electron chi connectivity index (χ3n) is 3.46. The van der Waals surface area contributed by atoms with Gasteiger partial charge in [-0.1, -0.05) is 31.6 Å². The lowest BCUT2D eigenvalue weighted by Crippen LogP contribution is -2.46. The predicted molar refractivity (Wildman–Crippen MR) is 77.4 cm³/mol. The van der Waals surface area contributed by atoms with Crippen molar-refractivity contribution in [1.82, 2.24) is 9.88 Å². The first-order valence-corrected chi connectivity index (χ1v) is 7.67. The van der Waals surface area contributed by atoms with E-state index in [1.807, 2.05) is 6.92 Å². The fourth-order valence-corrected chi connectivity index (χ4v) is 3.31. The molecule has 0 spiro atoms. The molecule has 2 heterocycles. The first-order chi connectivity index (χ1) is 9.15. The average molecular weight is 283 g/mol. The van der Waals surface area contributed by atoms with Crippen molar-refractivity contribution >= 4 is 22.4 Å². The van der Waals surface area contributed by atoms with Crippen molar-refractivity contribution in [3.05, 3.63) is 10.6 Å². The number of likely N-dealkylation sites (N-methyl/N-ethyl adjacent to an activating group) is 1. The summed E-state index contributed by atoms with van der Waals surface area (Å²) in [6, 6.07) is 0. The topological polar surface area (TPSA) is 56.7 Å². The van der Waals surface area contributed by atoms with E-state index in [0.29, 0.717) is 4.88 Å². The van der Waals surface area contributed by atoms with Crippen LogP contribution in [0.4, 0.5) is 5.13 Å². The van der Waals surface area contributed by atoms with Gasteiger partial charge in [0, 0.05) is 26.2 Å². The summed E-state index contributed by atoms with van der Waals surface area (Å²) in [4.78, 5) is 20.8. The molecule has 0 aliphatic carbocycles. The summed E-state index contributed by atoms with van der Waals surface area (Å²) < 4.78 is 0. The number of aryl methyl sites for hydroxylation is 1. The Balaban J connectivity index is 2.12. The first-order valence-electron chi connectivity index (χ1n) is 6.86. The first kappa shape index (κ1) is 14.3. The number of aromatic nitrogens is 1. The largest absolute Gasteiger partial charge is 0.477 e. The zero-order valence-corrected chi connectivity index (χ0v) is 12.4. The van der Waals surface area contributed by atoms with E-state index in [2.05, 4.69) is 21.7 Å². The standard InChI is InChI=1S/C13H21N3O2S/c1-3-5-10-11(12(17)18)19-13(14-10)16-8-6-15(4-2)7-9-16/h3-9H2,1-2H3,(H,17,18). The molecule has 0 atom stereocenters. The van der Waals surface area contributed by atoms with Gasteiger partial charge in [0.25, 0.3) is 0 Å². The molecule has 1 aromatic heterocycles. The number of carbonyl (C=O) groups is 1. The molecule has 19 heavy (non-hydrogen) atoms. The second-order valence-electron chi connectivity index (χ2n) is 4.75. The minimum Gasteiger partial charge on any atom is -0.477 e. The maximum Gasteiger partial charge on any atom is 0.347 e. The van der Waals surface area contributed by atoms with Crippen molar-refractivity contribution in [2.45, 2.75) is 26.7 Å². The predicted octanol–water partition coefficient (Wildman–Crippen LogP) is 1.94. The Bertz CT molecular complexity index is 439. The third-order valence-corrected chi connectivity index (χ3v) is 4.60. The molecule has 1 N–H and O–H groups in total. The van der Waals surface area contributed by atoms with Gasteiger partial charge in [-0.05, 0) is 13.0 Å². The summed E-state index contributed by atoms with van der Waals surface area (Å²) in [6.45, 7) is 9.22. The number of hydrogen-bond acceptors (Lipinski definition) is 5. The maximum absolute atomic E-state index is 11.2. The van der Waals surface area contributed by atoms with Gasteiger partial charge in [0.1, 0.15) is 4.88 Å². The highest BCUT2D eigenvalue weighted by Gasteiger charge is 2.22. The molecule has 6 heteroatoms. The summed E-state index contributed by atoms with van der Waals surface area (Å²) in [5.74, 6) is -0.848. The Labute approximate surface area is 117 Å². The number of piperazine rings is 1. The van der Waals surface area contributed by atoms with E-state index in [4.69, 9.17) is 0 Å². The van der Waals surface area contributed by atoms with Gasteiger partial charge in [-0.15, -0.1) is 0 Å². The maximum atomic E-state index is 11.2. The molecule has 0 aromatic carbocycles. The van der Waals surface area contributed by atoms with E-state index in [1.165, 1.54) is 11.3 Å². The molecule has 1 fully saturated rings. The average Bonchev–Trinajstić information content (AvgIpc) is 2.83. The highest BCUT2D eigenvalue weighted by Crippen LogP contribution is 2.28. The van der Waals surface area contributed by atoms with E-state index in [1.54, 1.807) is 0 Å². The zero-order valence-electron chi connectivity index (χ0n) is 11.6. The third kappa shape index (κ3) is 3.25. The van der Waals surface area contributed by atoms with Crippen LogP contribution in [0.1, 0.15) is 35.6 Å². The van der Waals surface area contributed by atoms with Crippen LogP contribution in [-0.4, -0.2) is 53.7 Å². The summed E-state index contributed by atoms with van der Waals surface area (Å²) in [7, 11) is 0. The van der Waals surface area contributed by atoms with E-state index in [9.17, 15) is 9.90 Å². The molecule has 0 radical (unpaired) electrons. The number of carboxylic acids is 1. The van der Waals surface area contributed by atoms with Crippen molar-refractivity contribution in [3.8, 4) is 0 Å². The molecule has 106 valence electrons. The lowest BCUT2D eigenvalue weighted by atomic mass is 10.2. The van der Waals surface area contributed by atoms with Gasteiger partial charge in [0.15, 0.2) is 5.13 Å². The molecule has 1 aliphatic rings. The fourth-order valence-electron chi connectivity index (χ4n) is 2.30. The van der Waals surface area contributed by atoms with Crippen LogP contribution >= 0.6 is 11.3 Å². The molecule has 1 saturated heterocycles. The van der Waals surface area contributed by atoms with Crippen LogP contribution in [0.5, 0.6) is 0 Å². The van der Waals surface area contributed by atoms with E-state index in [-0.39, 0.29) is 0 Å². The molecule has 1 aliphatic heterocycles. The van der Waals surface area contributed by atoms with Gasteiger partial charge in [-0.3, -0.25) is 0 Å². The van der Waals surface area contributed by atoms with Crippen LogP contribution < -0.4 is 4.90 Å². The van der Waals surface area contributed by atoms with Crippen molar-refractivity contribution in [2.75, 3.05) is 37.6 Å². The smallest absolute Gasteiger partial charge is 0.347 e. The van der Waals surface area contributed by atoms with Crippen LogP contribution in [-0.2, 0) is 6.42 Å². The Morgan fingerprint density at radius 3 is 2.53 bits per heavy atom. The van der Waals surface area contributed by atoms with Crippen LogP contribution in [0.2, 0.25) is 0 Å². The summed E-state index contributed by atoms with van der Waals surface area (Å²) in [5.41, 5.74) is 0.743. The highest BCUT2D eigenvalue weighted by atomic mass is 32.1. The van der Waals surface area contributed by atoms with E-state index in [0.717, 1.165) is 56.4 Å². The second-order valence-corrected chi connectivity index (χ2v) is 5.73. The van der Waals surface area contributed by atoms with Crippen LogP contribution in [0.15, 0.2) is 0 Å². The van der Waals surface area contributed by atoms with Crippen LogP contribution in [0.3, 0.4) is 0 Å². The fraction of sp³-hybridized carbons (Fsp3) is 0.692. The van der Waals surface area contributed by atoms with Crippen LogP contribution in [0.25, 0.3) is 0 Å². The number of carboxylic acid groups (broad SMARTS) is 1. The van der Waals surface area contributed by atoms with Gasteiger partial charge in [-0.25, -0.2) is 9.78 Å². The highest BCUT2D eigenvalue weighted by molar-refractivity contribution is 7.17. The normalized spacial score (nSPS) is 16.8. The summed E-state index contributed by atoms with van der Waals surface area (Å²) in [6.07, 6.45) is 1.67. The molecule has 5 nitrogen and oxygen atoms in total. The molecule has 0 unspecified atom stereocenters. The summed E-state index contributed by atoms with van der Waals surface area (Å²) in [5, 5.41) is 10.1. The quantitative estimate of drug-likeness (QED) is 0.895. The molecular weight excluding hydrogens is 262 g/mol. The SMILES string of the molecule is CCCc1nc(N2CCN(CC)CC2)sc1C(=O)O. The van der Waals surface area contributed by atoms with Crippen molar-refractivity contribution in [1.29, 1.82) is 0 Å². The number of nitrogens with zero attached hydrogens (tertiary/aromatic N) is 3. The van der Waals surface area contributed by atoms with Crippen molar-refractivity contribution < 1.29 is 9.90 Å². The lowest BCUT2D eigenvalue weighted by Gasteiger charge is -2.33. The minimum atomic E-state index is -0.848. The lowest BCUT2D eigenvalue weighted by molar-refractivity contribution is 0.0700. The van der Waals surface area contributed by atoms with E-state index < -0.39 is 5.97 Å². The summed E-state index contributed by atoms with van der Waals surface area (Å²) >= 11 is 1.32. The van der Waals surface area contributed by atoms with E-state index >= 15 is 0 Å². The van der Waals surface area contributed by atoms with Gasteiger partial charge >= 0.3 is 5.97 Å². The Hall–Kier alpha value is -1.14. The Kier molecular flexibility index (Phi) is 4.76. The van der Waals surface area contributed by atoms with Gasteiger partial charge in [0.2, 0.25) is 0 Å². The van der Waals surface area contributed by atoms with Gasteiger partial charge in [0.05, 0.1) is 5.69 Å². The number of hydrogen-bond donors (Lipinski definition) is 1. The molecule has 2 rings (SSSR count). The number of aromatic carboxylic acids is 1. The van der Waals surface area contributed by atoms with Crippen molar-refractivity contribution in [3.63, 3.8) is 0 Å². The monoisotopic (exact) mass is 283 g/mol. The molecule has 0 saturated carbocycles.